The van der Waals surface area contributed by atoms with Gasteiger partial charge < -0.3 is 16.0 Å². The van der Waals surface area contributed by atoms with Gasteiger partial charge in [0.25, 0.3) is 0 Å². The Hall–Kier alpha value is -0.520. The fourth-order valence-corrected chi connectivity index (χ4v) is 1.68. The Morgan fingerprint density at radius 1 is 1.71 bits per heavy atom. The van der Waals surface area contributed by atoms with E-state index in [1.165, 1.54) is 4.90 Å². The molecule has 5 nitrogen and oxygen atoms in total. The average molecular weight is 203 g/mol. The Morgan fingerprint density at radius 2 is 2.36 bits per heavy atom. The molecule has 2 aliphatic rings. The van der Waals surface area contributed by atoms with Crippen LogP contribution in [0.4, 0.5) is 4.79 Å². The van der Waals surface area contributed by atoms with E-state index in [1.807, 2.05) is 6.92 Å². The minimum absolute atomic E-state index is 0. The van der Waals surface area contributed by atoms with Crippen molar-refractivity contribution in [3.8, 4) is 0 Å². The van der Waals surface area contributed by atoms with E-state index >= 15 is 0 Å². The third kappa shape index (κ3) is 1.67. The molecule has 0 aliphatic carbocycles. The summed E-state index contributed by atoms with van der Waals surface area (Å²) in [5, 5.41) is 3.88. The number of hydrogen-bond acceptors (Lipinski definition) is 2. The molecule has 1 fully saturated rings. The summed E-state index contributed by atoms with van der Waals surface area (Å²) in [4.78, 5) is 23.6. The van der Waals surface area contributed by atoms with Crippen molar-refractivity contribution in [3.05, 3.63) is 17.0 Å². The molecule has 6 heteroatoms. The molecule has 70 valence electrons. The normalized spacial score (nSPS) is 29.1. The molecular formula is C8H10N3NaO2. The van der Waals surface area contributed by atoms with Gasteiger partial charge in [0.05, 0.1) is 6.04 Å². The number of amides is 3. The first-order valence-corrected chi connectivity index (χ1v) is 4.08. The predicted molar refractivity (Wildman–Crippen MR) is 46.0 cm³/mol. The van der Waals surface area contributed by atoms with Crippen LogP contribution in [0.15, 0.2) is 11.6 Å². The van der Waals surface area contributed by atoms with Crippen molar-refractivity contribution in [1.29, 1.82) is 0 Å². The van der Waals surface area contributed by atoms with Gasteiger partial charge in [0, 0.05) is 0 Å². The van der Waals surface area contributed by atoms with Crippen molar-refractivity contribution >= 4 is 11.9 Å². The molecule has 1 saturated heterocycles. The van der Waals surface area contributed by atoms with Crippen molar-refractivity contribution < 1.29 is 39.1 Å². The summed E-state index contributed by atoms with van der Waals surface area (Å²) < 4.78 is 0. The first-order valence-electron chi connectivity index (χ1n) is 4.08. The van der Waals surface area contributed by atoms with Gasteiger partial charge >= 0.3 is 29.6 Å². The van der Waals surface area contributed by atoms with Gasteiger partial charge in [-0.25, -0.2) is 0 Å². The van der Waals surface area contributed by atoms with Gasteiger partial charge in [-0.05, 0) is 19.5 Å². The Morgan fingerprint density at radius 3 is 2.93 bits per heavy atom. The van der Waals surface area contributed by atoms with E-state index in [2.05, 4.69) is 5.32 Å². The van der Waals surface area contributed by atoms with Crippen LogP contribution in [-0.4, -0.2) is 35.5 Å². The summed E-state index contributed by atoms with van der Waals surface area (Å²) >= 11 is 0. The van der Waals surface area contributed by atoms with Gasteiger partial charge in [0.1, 0.15) is 0 Å². The van der Waals surface area contributed by atoms with Gasteiger partial charge in [-0.1, -0.05) is 11.6 Å². The van der Waals surface area contributed by atoms with Gasteiger partial charge in [-0.15, -0.1) is 0 Å². The number of fused-ring (bicyclic) bond motifs is 2. The molecule has 0 aromatic heterocycles. The molecule has 0 saturated carbocycles. The smallest absolute Gasteiger partial charge is 0.423 e. The van der Waals surface area contributed by atoms with E-state index in [0.29, 0.717) is 6.54 Å². The van der Waals surface area contributed by atoms with E-state index in [4.69, 9.17) is 5.73 Å². The second-order valence-electron chi connectivity index (χ2n) is 3.34. The van der Waals surface area contributed by atoms with Crippen LogP contribution in [0.25, 0.3) is 5.32 Å². The van der Waals surface area contributed by atoms with Gasteiger partial charge in [0.2, 0.25) is 5.91 Å². The molecule has 0 aromatic carbocycles. The number of primary amides is 1. The molecule has 2 rings (SSSR count). The van der Waals surface area contributed by atoms with E-state index < -0.39 is 11.9 Å². The van der Waals surface area contributed by atoms with E-state index in [-0.39, 0.29) is 41.6 Å². The fourth-order valence-electron chi connectivity index (χ4n) is 1.68. The number of hydrogen-bond donors (Lipinski definition) is 1. The SMILES string of the molecule is CC1=C[C@@H](C(N)=O)N2C[C@@H]1[N-]C2=O.[Na+]. The number of carbonyl (C=O) groups excluding carboxylic acids is 2. The summed E-state index contributed by atoms with van der Waals surface area (Å²) in [5.74, 6) is -0.497. The maximum Gasteiger partial charge on any atom is 1.00 e. The van der Waals surface area contributed by atoms with E-state index in [1.54, 1.807) is 6.08 Å². The van der Waals surface area contributed by atoms with Crippen LogP contribution in [0.5, 0.6) is 0 Å². The van der Waals surface area contributed by atoms with Crippen LogP contribution in [0.3, 0.4) is 0 Å². The van der Waals surface area contributed by atoms with Crippen LogP contribution in [0.1, 0.15) is 6.92 Å². The van der Waals surface area contributed by atoms with Crippen LogP contribution in [0.2, 0.25) is 0 Å². The largest absolute Gasteiger partial charge is 1.00 e. The Labute approximate surface area is 104 Å². The monoisotopic (exact) mass is 203 g/mol. The van der Waals surface area contributed by atoms with Crippen LogP contribution in [-0.2, 0) is 4.79 Å². The van der Waals surface area contributed by atoms with Gasteiger partial charge in [-0.3, -0.25) is 9.59 Å². The minimum Gasteiger partial charge on any atom is -0.423 e. The molecule has 0 unspecified atom stereocenters. The molecule has 0 aromatic rings. The van der Waals surface area contributed by atoms with Crippen molar-refractivity contribution in [2.24, 2.45) is 5.73 Å². The standard InChI is InChI=1S/C8H11N3O2.Na/c1-4-2-6(7(9)12)11-3-5(4)10-8(11)13;/h2,5-6H,3H2,1H3,(H3,9,10,12,13);/q;+1/p-1/t5-,6-;/m0./s1. The Kier molecular flexibility index (Phi) is 3.24. The number of nitrogens with two attached hydrogens (primary N) is 1. The zero-order valence-electron chi connectivity index (χ0n) is 8.23. The average Bonchev–Trinajstić information content (AvgIpc) is 2.37. The molecule has 2 heterocycles. The van der Waals surface area contributed by atoms with Crippen molar-refractivity contribution in [2.75, 3.05) is 6.54 Å². The topological polar surface area (TPSA) is 77.5 Å². The summed E-state index contributed by atoms with van der Waals surface area (Å²) in [5.41, 5.74) is 6.11. The zero-order chi connectivity index (χ0) is 9.59. The Balaban J connectivity index is 0.000000980. The number of carbonyl (C=O) groups is 2. The number of nitrogens with zero attached hydrogens (tertiary/aromatic N) is 2. The molecule has 0 radical (unpaired) electrons. The maximum absolute atomic E-state index is 11.2. The van der Waals surface area contributed by atoms with Crippen LogP contribution < -0.4 is 35.3 Å². The molecule has 2 atom stereocenters. The van der Waals surface area contributed by atoms with Crippen LogP contribution >= 0.6 is 0 Å². The van der Waals surface area contributed by atoms with Crippen LogP contribution in [0, 0.1) is 0 Å². The fraction of sp³-hybridized carbons (Fsp3) is 0.500. The molecule has 2 N–H and O–H groups in total. The molecule has 3 amide bonds. The number of urea groups is 1. The minimum atomic E-state index is -0.602. The quantitative estimate of drug-likeness (QED) is 0.364. The summed E-state index contributed by atoms with van der Waals surface area (Å²) in [7, 11) is 0. The first-order chi connectivity index (χ1) is 6.09. The summed E-state index contributed by atoms with van der Waals surface area (Å²) in [6, 6.07) is -1.00. The third-order valence-corrected chi connectivity index (χ3v) is 2.46. The van der Waals surface area contributed by atoms with Gasteiger partial charge in [-0.2, -0.15) is 0 Å². The summed E-state index contributed by atoms with van der Waals surface area (Å²) in [6.45, 7) is 2.36. The van der Waals surface area contributed by atoms with Crippen molar-refractivity contribution in [3.63, 3.8) is 0 Å². The second-order valence-corrected chi connectivity index (χ2v) is 3.34. The molecular weight excluding hydrogens is 193 g/mol. The maximum atomic E-state index is 11.2. The Bertz CT molecular complexity index is 316. The summed E-state index contributed by atoms with van der Waals surface area (Å²) in [6.07, 6.45) is 1.71. The van der Waals surface area contributed by atoms with Crippen molar-refractivity contribution in [1.82, 2.24) is 4.90 Å². The second kappa shape index (κ2) is 3.92. The van der Waals surface area contributed by atoms with E-state index in [0.717, 1.165) is 5.57 Å². The predicted octanol–water partition coefficient (Wildman–Crippen LogP) is -3.02. The first kappa shape index (κ1) is 11.6. The zero-order valence-corrected chi connectivity index (χ0v) is 10.2. The third-order valence-electron chi connectivity index (χ3n) is 2.46. The van der Waals surface area contributed by atoms with Crippen molar-refractivity contribution in [2.45, 2.75) is 19.0 Å². The van der Waals surface area contributed by atoms with Gasteiger partial charge in [0.15, 0.2) is 6.03 Å². The molecule has 2 aliphatic heterocycles. The van der Waals surface area contributed by atoms with E-state index in [9.17, 15) is 9.59 Å². The molecule has 14 heavy (non-hydrogen) atoms. The molecule has 0 spiro atoms. The molecule has 2 bridgehead atoms. The number of rotatable bonds is 1.